The van der Waals surface area contributed by atoms with E-state index in [1.807, 2.05) is 4.90 Å². The van der Waals surface area contributed by atoms with Crippen LogP contribution < -0.4 is 5.32 Å². The van der Waals surface area contributed by atoms with Crippen molar-refractivity contribution in [3.05, 3.63) is 0 Å². The Morgan fingerprint density at radius 3 is 2.17 bits per heavy atom. The van der Waals surface area contributed by atoms with E-state index in [1.165, 1.54) is 12.8 Å². The molecule has 1 saturated carbocycles. The molecule has 1 fully saturated rings. The van der Waals surface area contributed by atoms with Gasteiger partial charge in [-0.25, -0.2) is 0 Å². The average Bonchev–Trinajstić information content (AvgIpc) is 3.08. The maximum absolute atomic E-state index is 12.0. The Morgan fingerprint density at radius 2 is 1.78 bits per heavy atom. The van der Waals surface area contributed by atoms with Crippen molar-refractivity contribution in [1.29, 1.82) is 0 Å². The summed E-state index contributed by atoms with van der Waals surface area (Å²) in [6.45, 7) is 13.4. The number of amides is 1. The van der Waals surface area contributed by atoms with Crippen molar-refractivity contribution in [1.82, 2.24) is 10.2 Å². The summed E-state index contributed by atoms with van der Waals surface area (Å²) >= 11 is 0. The van der Waals surface area contributed by atoms with E-state index in [-0.39, 0.29) is 5.91 Å². The molecule has 3 heteroatoms. The number of hydrogen-bond donors (Lipinski definition) is 1. The first kappa shape index (κ1) is 15.5. The molecular formula is C15H30N2O. The van der Waals surface area contributed by atoms with Crippen molar-refractivity contribution < 1.29 is 4.79 Å². The molecule has 18 heavy (non-hydrogen) atoms. The molecule has 0 unspecified atom stereocenters. The summed E-state index contributed by atoms with van der Waals surface area (Å²) in [4.78, 5) is 14.1. The van der Waals surface area contributed by atoms with Crippen LogP contribution in [0.1, 0.15) is 47.5 Å². The van der Waals surface area contributed by atoms with Gasteiger partial charge in [0.1, 0.15) is 0 Å². The summed E-state index contributed by atoms with van der Waals surface area (Å²) in [5, 5.41) is 3.35. The highest BCUT2D eigenvalue weighted by atomic mass is 16.2. The minimum Gasteiger partial charge on any atom is -0.339 e. The van der Waals surface area contributed by atoms with Gasteiger partial charge in [0.15, 0.2) is 0 Å². The molecule has 0 aromatic rings. The van der Waals surface area contributed by atoms with Crippen LogP contribution in [-0.2, 0) is 4.79 Å². The van der Waals surface area contributed by atoms with Crippen molar-refractivity contribution >= 4 is 5.91 Å². The Kier molecular flexibility index (Phi) is 6.13. The van der Waals surface area contributed by atoms with Gasteiger partial charge in [0.05, 0.1) is 6.54 Å². The zero-order valence-electron chi connectivity index (χ0n) is 12.7. The van der Waals surface area contributed by atoms with Gasteiger partial charge in [-0.3, -0.25) is 4.79 Å². The first-order valence-electron chi connectivity index (χ1n) is 7.47. The standard InChI is InChI=1S/C15H30N2O/c1-6-17(13-7-8-13)15(18)10-16-9-14(11(2)3)12(4)5/h11-14,16H,6-10H2,1-5H3. The summed E-state index contributed by atoms with van der Waals surface area (Å²) in [7, 11) is 0. The third kappa shape index (κ3) is 4.60. The summed E-state index contributed by atoms with van der Waals surface area (Å²) in [5.74, 6) is 2.25. The lowest BCUT2D eigenvalue weighted by atomic mass is 9.85. The van der Waals surface area contributed by atoms with E-state index < -0.39 is 0 Å². The van der Waals surface area contributed by atoms with Gasteiger partial charge < -0.3 is 10.2 Å². The number of carbonyl (C=O) groups is 1. The first-order valence-corrected chi connectivity index (χ1v) is 7.47. The Balaban J connectivity index is 2.29. The third-order valence-corrected chi connectivity index (χ3v) is 4.02. The number of carbonyl (C=O) groups excluding carboxylic acids is 1. The number of likely N-dealkylation sites (N-methyl/N-ethyl adjacent to an activating group) is 1. The molecule has 1 rings (SSSR count). The fraction of sp³-hybridized carbons (Fsp3) is 0.933. The van der Waals surface area contributed by atoms with E-state index >= 15 is 0 Å². The number of rotatable bonds is 8. The predicted octanol–water partition coefficient (Wildman–Crippen LogP) is 2.52. The Bertz CT molecular complexity index is 251. The van der Waals surface area contributed by atoms with E-state index in [1.54, 1.807) is 0 Å². The Morgan fingerprint density at radius 1 is 1.22 bits per heavy atom. The van der Waals surface area contributed by atoms with Crippen LogP contribution in [-0.4, -0.2) is 36.5 Å². The molecule has 1 aliphatic rings. The van der Waals surface area contributed by atoms with Gasteiger partial charge in [0.2, 0.25) is 5.91 Å². The predicted molar refractivity (Wildman–Crippen MR) is 76.4 cm³/mol. The van der Waals surface area contributed by atoms with Crippen LogP contribution in [0.4, 0.5) is 0 Å². The van der Waals surface area contributed by atoms with Crippen molar-refractivity contribution in [3.8, 4) is 0 Å². The fourth-order valence-corrected chi connectivity index (χ4v) is 2.71. The molecule has 0 atom stereocenters. The van der Waals surface area contributed by atoms with E-state index in [0.717, 1.165) is 13.1 Å². The van der Waals surface area contributed by atoms with Gasteiger partial charge in [-0.05, 0) is 44.1 Å². The molecule has 0 aromatic heterocycles. The van der Waals surface area contributed by atoms with Gasteiger partial charge in [-0.2, -0.15) is 0 Å². The van der Waals surface area contributed by atoms with E-state index in [4.69, 9.17) is 0 Å². The first-order chi connectivity index (χ1) is 8.47. The second-order valence-corrected chi connectivity index (χ2v) is 6.19. The molecule has 1 N–H and O–H groups in total. The van der Waals surface area contributed by atoms with Crippen molar-refractivity contribution in [2.45, 2.75) is 53.5 Å². The zero-order chi connectivity index (χ0) is 13.7. The van der Waals surface area contributed by atoms with Gasteiger partial charge in [-0.1, -0.05) is 27.7 Å². The molecule has 0 aromatic carbocycles. The molecule has 1 amide bonds. The number of hydrogen-bond acceptors (Lipinski definition) is 2. The van der Waals surface area contributed by atoms with Gasteiger partial charge in [0, 0.05) is 12.6 Å². The van der Waals surface area contributed by atoms with Crippen LogP contribution in [0.25, 0.3) is 0 Å². The van der Waals surface area contributed by atoms with Crippen molar-refractivity contribution in [2.24, 2.45) is 17.8 Å². The lowest BCUT2D eigenvalue weighted by Gasteiger charge is -2.26. The molecule has 0 spiro atoms. The van der Waals surface area contributed by atoms with E-state index in [0.29, 0.717) is 30.3 Å². The molecule has 0 radical (unpaired) electrons. The van der Waals surface area contributed by atoms with Crippen molar-refractivity contribution in [3.63, 3.8) is 0 Å². The molecule has 1 aliphatic carbocycles. The van der Waals surface area contributed by atoms with Crippen LogP contribution in [0, 0.1) is 17.8 Å². The lowest BCUT2D eigenvalue weighted by molar-refractivity contribution is -0.130. The number of nitrogens with zero attached hydrogens (tertiary/aromatic N) is 1. The quantitative estimate of drug-likeness (QED) is 0.722. The SMILES string of the molecule is CCN(C(=O)CNCC(C(C)C)C(C)C)C1CC1. The Hall–Kier alpha value is -0.570. The number of nitrogens with one attached hydrogen (secondary N) is 1. The lowest BCUT2D eigenvalue weighted by Crippen LogP contribution is -2.41. The minimum absolute atomic E-state index is 0.270. The summed E-state index contributed by atoms with van der Waals surface area (Å²) in [5.41, 5.74) is 0. The Labute approximate surface area is 112 Å². The highest BCUT2D eigenvalue weighted by Crippen LogP contribution is 2.26. The highest BCUT2D eigenvalue weighted by molar-refractivity contribution is 5.78. The van der Waals surface area contributed by atoms with Crippen LogP contribution in [0.15, 0.2) is 0 Å². The third-order valence-electron chi connectivity index (χ3n) is 4.02. The van der Waals surface area contributed by atoms with Crippen molar-refractivity contribution in [2.75, 3.05) is 19.6 Å². The molecule has 0 saturated heterocycles. The van der Waals surface area contributed by atoms with Crippen LogP contribution >= 0.6 is 0 Å². The van der Waals surface area contributed by atoms with Gasteiger partial charge in [-0.15, -0.1) is 0 Å². The second-order valence-electron chi connectivity index (χ2n) is 6.19. The summed E-state index contributed by atoms with van der Waals surface area (Å²) in [6, 6.07) is 0.537. The van der Waals surface area contributed by atoms with Gasteiger partial charge >= 0.3 is 0 Å². The van der Waals surface area contributed by atoms with E-state index in [9.17, 15) is 4.79 Å². The second kappa shape index (κ2) is 7.13. The molecule has 0 heterocycles. The molecule has 0 aliphatic heterocycles. The normalized spacial score (nSPS) is 15.8. The largest absolute Gasteiger partial charge is 0.339 e. The molecule has 106 valence electrons. The molecule has 0 bridgehead atoms. The summed E-state index contributed by atoms with van der Waals surface area (Å²) < 4.78 is 0. The monoisotopic (exact) mass is 254 g/mol. The minimum atomic E-state index is 0.270. The van der Waals surface area contributed by atoms with E-state index in [2.05, 4.69) is 39.9 Å². The highest BCUT2D eigenvalue weighted by Gasteiger charge is 2.31. The molecular weight excluding hydrogens is 224 g/mol. The van der Waals surface area contributed by atoms with Crippen LogP contribution in [0.5, 0.6) is 0 Å². The fourth-order valence-electron chi connectivity index (χ4n) is 2.71. The maximum Gasteiger partial charge on any atom is 0.236 e. The van der Waals surface area contributed by atoms with Gasteiger partial charge in [0.25, 0.3) is 0 Å². The smallest absolute Gasteiger partial charge is 0.236 e. The van der Waals surface area contributed by atoms with Crippen LogP contribution in [0.3, 0.4) is 0 Å². The zero-order valence-corrected chi connectivity index (χ0v) is 12.7. The van der Waals surface area contributed by atoms with Crippen LogP contribution in [0.2, 0.25) is 0 Å². The average molecular weight is 254 g/mol. The topological polar surface area (TPSA) is 32.3 Å². The maximum atomic E-state index is 12.0. The molecule has 3 nitrogen and oxygen atoms in total. The summed E-state index contributed by atoms with van der Waals surface area (Å²) in [6.07, 6.45) is 2.39.